The molecule has 0 bridgehead atoms. The molecular formula is C12H24N2O2. The molecule has 0 spiro atoms. The normalized spacial score (nSPS) is 30.9. The summed E-state index contributed by atoms with van der Waals surface area (Å²) in [4.78, 5) is 0. The van der Waals surface area contributed by atoms with Gasteiger partial charge in [0.15, 0.2) is 0 Å². The Hall–Kier alpha value is -0.160. The van der Waals surface area contributed by atoms with Gasteiger partial charge in [0.05, 0.1) is 5.60 Å². The highest BCUT2D eigenvalue weighted by Gasteiger charge is 2.30. The zero-order valence-corrected chi connectivity index (χ0v) is 10.0. The highest BCUT2D eigenvalue weighted by molar-refractivity contribution is 4.85. The van der Waals surface area contributed by atoms with Crippen LogP contribution < -0.4 is 10.6 Å². The average Bonchev–Trinajstić information content (AvgIpc) is 2.56. The summed E-state index contributed by atoms with van der Waals surface area (Å²) in [6, 6.07) is 0.571. The molecule has 0 aromatic heterocycles. The summed E-state index contributed by atoms with van der Waals surface area (Å²) in [6.45, 7) is 4.35. The SMILES string of the molecule is OC1(CNC2CCCNCC2)CCOCC1. The standard InChI is InChI=1S/C12H24N2O2/c15-12(4-8-16-9-5-12)10-14-11-2-1-6-13-7-3-11/h11,13-15H,1-10H2. The molecule has 1 atom stereocenters. The second-order valence-corrected chi connectivity index (χ2v) is 5.10. The van der Waals surface area contributed by atoms with Crippen molar-refractivity contribution in [3.05, 3.63) is 0 Å². The molecule has 3 N–H and O–H groups in total. The van der Waals surface area contributed by atoms with Gasteiger partial charge in [0.25, 0.3) is 0 Å². The van der Waals surface area contributed by atoms with Gasteiger partial charge in [-0.1, -0.05) is 0 Å². The van der Waals surface area contributed by atoms with E-state index in [1.807, 2.05) is 0 Å². The predicted octanol–water partition coefficient (Wildman–Crippen LogP) is 0.260. The summed E-state index contributed by atoms with van der Waals surface area (Å²) in [5, 5.41) is 17.2. The Kier molecular flexibility index (Phi) is 4.58. The van der Waals surface area contributed by atoms with Crippen LogP contribution in [-0.4, -0.2) is 49.6 Å². The zero-order valence-electron chi connectivity index (χ0n) is 10.0. The molecule has 2 fully saturated rings. The molecule has 0 radical (unpaired) electrons. The van der Waals surface area contributed by atoms with Crippen molar-refractivity contribution in [2.24, 2.45) is 0 Å². The number of nitrogens with one attached hydrogen (secondary N) is 2. The van der Waals surface area contributed by atoms with Crippen molar-refractivity contribution in [3.8, 4) is 0 Å². The molecule has 2 heterocycles. The van der Waals surface area contributed by atoms with Crippen molar-refractivity contribution in [2.75, 3.05) is 32.8 Å². The van der Waals surface area contributed by atoms with Crippen molar-refractivity contribution in [3.63, 3.8) is 0 Å². The van der Waals surface area contributed by atoms with E-state index >= 15 is 0 Å². The second-order valence-electron chi connectivity index (χ2n) is 5.10. The molecule has 2 saturated heterocycles. The minimum Gasteiger partial charge on any atom is -0.388 e. The maximum absolute atomic E-state index is 10.3. The monoisotopic (exact) mass is 228 g/mol. The van der Waals surface area contributed by atoms with E-state index in [9.17, 15) is 5.11 Å². The van der Waals surface area contributed by atoms with Gasteiger partial charge < -0.3 is 20.5 Å². The molecule has 1 unspecified atom stereocenters. The van der Waals surface area contributed by atoms with E-state index in [1.165, 1.54) is 19.3 Å². The number of ether oxygens (including phenoxy) is 1. The van der Waals surface area contributed by atoms with E-state index in [2.05, 4.69) is 10.6 Å². The average molecular weight is 228 g/mol. The lowest BCUT2D eigenvalue weighted by Crippen LogP contribution is -2.47. The van der Waals surface area contributed by atoms with E-state index in [0.29, 0.717) is 19.3 Å². The first-order chi connectivity index (χ1) is 7.79. The van der Waals surface area contributed by atoms with Crippen LogP contribution in [0.5, 0.6) is 0 Å². The largest absolute Gasteiger partial charge is 0.388 e. The van der Waals surface area contributed by atoms with E-state index < -0.39 is 5.60 Å². The van der Waals surface area contributed by atoms with Gasteiger partial charge in [-0.15, -0.1) is 0 Å². The van der Waals surface area contributed by atoms with Crippen molar-refractivity contribution >= 4 is 0 Å². The summed E-state index contributed by atoms with van der Waals surface area (Å²) in [5.74, 6) is 0. The molecule has 16 heavy (non-hydrogen) atoms. The first-order valence-corrected chi connectivity index (χ1v) is 6.53. The van der Waals surface area contributed by atoms with Gasteiger partial charge in [-0.05, 0) is 32.4 Å². The van der Waals surface area contributed by atoms with Gasteiger partial charge in [0, 0.05) is 38.6 Å². The predicted molar refractivity (Wildman–Crippen MR) is 63.5 cm³/mol. The lowest BCUT2D eigenvalue weighted by atomic mass is 9.93. The summed E-state index contributed by atoms with van der Waals surface area (Å²) in [6.07, 6.45) is 5.17. The molecule has 0 aromatic rings. The van der Waals surface area contributed by atoms with Crippen LogP contribution in [0.4, 0.5) is 0 Å². The van der Waals surface area contributed by atoms with Gasteiger partial charge in [-0.2, -0.15) is 0 Å². The lowest BCUT2D eigenvalue weighted by Gasteiger charge is -2.33. The van der Waals surface area contributed by atoms with Crippen LogP contribution in [0.2, 0.25) is 0 Å². The third-order valence-corrected chi connectivity index (χ3v) is 3.72. The quantitative estimate of drug-likeness (QED) is 0.648. The van der Waals surface area contributed by atoms with Gasteiger partial charge in [0.2, 0.25) is 0 Å². The smallest absolute Gasteiger partial charge is 0.0815 e. The van der Waals surface area contributed by atoms with E-state index in [1.54, 1.807) is 0 Å². The highest BCUT2D eigenvalue weighted by atomic mass is 16.5. The van der Waals surface area contributed by atoms with Crippen molar-refractivity contribution in [2.45, 2.75) is 43.7 Å². The van der Waals surface area contributed by atoms with Crippen LogP contribution in [-0.2, 0) is 4.74 Å². The van der Waals surface area contributed by atoms with Crippen LogP contribution in [0.1, 0.15) is 32.1 Å². The van der Waals surface area contributed by atoms with Crippen molar-refractivity contribution in [1.29, 1.82) is 0 Å². The van der Waals surface area contributed by atoms with E-state index in [4.69, 9.17) is 4.74 Å². The van der Waals surface area contributed by atoms with E-state index in [0.717, 1.165) is 32.5 Å². The summed E-state index contributed by atoms with van der Waals surface area (Å²) in [7, 11) is 0. The Labute approximate surface area is 97.7 Å². The summed E-state index contributed by atoms with van der Waals surface area (Å²) < 4.78 is 5.28. The lowest BCUT2D eigenvalue weighted by molar-refractivity contribution is -0.0629. The fraction of sp³-hybridized carbons (Fsp3) is 1.00. The maximum atomic E-state index is 10.3. The first kappa shape index (κ1) is 12.3. The Morgan fingerprint density at radius 3 is 2.88 bits per heavy atom. The molecular weight excluding hydrogens is 204 g/mol. The molecule has 0 aliphatic carbocycles. The minimum absolute atomic E-state index is 0.530. The second kappa shape index (κ2) is 5.96. The third-order valence-electron chi connectivity index (χ3n) is 3.72. The highest BCUT2D eigenvalue weighted by Crippen LogP contribution is 2.20. The molecule has 0 saturated carbocycles. The van der Waals surface area contributed by atoms with Crippen LogP contribution in [0.25, 0.3) is 0 Å². The number of hydrogen-bond donors (Lipinski definition) is 3. The van der Waals surface area contributed by atoms with Crippen LogP contribution in [0.15, 0.2) is 0 Å². The van der Waals surface area contributed by atoms with Crippen LogP contribution in [0, 0.1) is 0 Å². The molecule has 4 nitrogen and oxygen atoms in total. The Bertz CT molecular complexity index is 197. The summed E-state index contributed by atoms with van der Waals surface area (Å²) in [5.41, 5.74) is -0.530. The van der Waals surface area contributed by atoms with E-state index in [-0.39, 0.29) is 0 Å². The van der Waals surface area contributed by atoms with Crippen LogP contribution >= 0.6 is 0 Å². The Morgan fingerprint density at radius 2 is 2.06 bits per heavy atom. The fourth-order valence-electron chi connectivity index (χ4n) is 2.49. The molecule has 94 valence electrons. The number of rotatable bonds is 3. The number of hydrogen-bond acceptors (Lipinski definition) is 4. The van der Waals surface area contributed by atoms with Crippen LogP contribution in [0.3, 0.4) is 0 Å². The topological polar surface area (TPSA) is 53.5 Å². The number of aliphatic hydroxyl groups is 1. The van der Waals surface area contributed by atoms with Gasteiger partial charge in [0.1, 0.15) is 0 Å². The van der Waals surface area contributed by atoms with Gasteiger partial charge in [-0.25, -0.2) is 0 Å². The van der Waals surface area contributed by atoms with Gasteiger partial charge >= 0.3 is 0 Å². The maximum Gasteiger partial charge on any atom is 0.0815 e. The molecule has 4 heteroatoms. The molecule has 0 amide bonds. The first-order valence-electron chi connectivity index (χ1n) is 6.53. The molecule has 0 aromatic carbocycles. The zero-order chi connectivity index (χ0) is 11.3. The minimum atomic E-state index is -0.530. The molecule has 2 aliphatic heterocycles. The van der Waals surface area contributed by atoms with Crippen molar-refractivity contribution < 1.29 is 9.84 Å². The molecule has 2 aliphatic rings. The Morgan fingerprint density at radius 1 is 1.25 bits per heavy atom. The summed E-state index contributed by atoms with van der Waals surface area (Å²) >= 11 is 0. The third kappa shape index (κ3) is 3.70. The van der Waals surface area contributed by atoms with Gasteiger partial charge in [-0.3, -0.25) is 0 Å². The fourth-order valence-corrected chi connectivity index (χ4v) is 2.49. The Balaban J connectivity index is 1.72. The molecule has 2 rings (SSSR count). The van der Waals surface area contributed by atoms with Crippen molar-refractivity contribution in [1.82, 2.24) is 10.6 Å².